The number of rotatable bonds is 10. The fraction of sp³-hybridized carbons (Fsp3) is 0.273. The average Bonchev–Trinajstić information content (AvgIpc) is 2.78. The quantitative estimate of drug-likeness (QED) is 0.506. The van der Waals surface area contributed by atoms with E-state index < -0.39 is 0 Å². The van der Waals surface area contributed by atoms with Gasteiger partial charge in [0.15, 0.2) is 11.5 Å². The van der Waals surface area contributed by atoms with Crippen LogP contribution >= 0.6 is 0 Å². The summed E-state index contributed by atoms with van der Waals surface area (Å²) < 4.78 is 15.8. The standard InChI is InChI=1S/C22H26N4O3/c1-27-12-11-23-21-14-18(17-7-5-4-6-8-17)25-22(26-21)24-15-16-9-10-19(28-2)20(13-16)29-3/h4-10,13-14H,11-12,15H2,1-3H3,(H2,23,24,25,26). The first-order chi connectivity index (χ1) is 14.2. The average molecular weight is 394 g/mol. The van der Waals surface area contributed by atoms with Gasteiger partial charge in [-0.1, -0.05) is 36.4 Å². The van der Waals surface area contributed by atoms with Crippen molar-refractivity contribution in [3.05, 3.63) is 60.2 Å². The lowest BCUT2D eigenvalue weighted by Gasteiger charge is -2.13. The largest absolute Gasteiger partial charge is 0.493 e. The molecule has 0 fully saturated rings. The minimum absolute atomic E-state index is 0.543. The second-order valence-electron chi connectivity index (χ2n) is 6.29. The van der Waals surface area contributed by atoms with Gasteiger partial charge in [-0.3, -0.25) is 0 Å². The zero-order chi connectivity index (χ0) is 20.5. The third kappa shape index (κ3) is 5.58. The minimum atomic E-state index is 0.543. The molecule has 29 heavy (non-hydrogen) atoms. The second kappa shape index (κ2) is 10.3. The van der Waals surface area contributed by atoms with Gasteiger partial charge in [-0.25, -0.2) is 4.98 Å². The number of benzene rings is 2. The highest BCUT2D eigenvalue weighted by Gasteiger charge is 2.08. The van der Waals surface area contributed by atoms with Crippen molar-refractivity contribution in [2.45, 2.75) is 6.54 Å². The van der Waals surface area contributed by atoms with Gasteiger partial charge in [0.1, 0.15) is 5.82 Å². The van der Waals surface area contributed by atoms with Gasteiger partial charge < -0.3 is 24.8 Å². The Hall–Kier alpha value is -3.32. The number of hydrogen-bond acceptors (Lipinski definition) is 7. The highest BCUT2D eigenvalue weighted by atomic mass is 16.5. The van der Waals surface area contributed by atoms with Crippen LogP contribution in [0.3, 0.4) is 0 Å². The van der Waals surface area contributed by atoms with E-state index in [1.54, 1.807) is 21.3 Å². The maximum atomic E-state index is 5.37. The molecule has 0 radical (unpaired) electrons. The third-order valence-corrected chi connectivity index (χ3v) is 4.31. The smallest absolute Gasteiger partial charge is 0.225 e. The summed E-state index contributed by atoms with van der Waals surface area (Å²) in [6, 6.07) is 17.8. The van der Waals surface area contributed by atoms with E-state index in [2.05, 4.69) is 20.6 Å². The highest BCUT2D eigenvalue weighted by Crippen LogP contribution is 2.28. The molecular formula is C22H26N4O3. The van der Waals surface area contributed by atoms with Crippen molar-refractivity contribution in [2.75, 3.05) is 45.1 Å². The van der Waals surface area contributed by atoms with Crippen LogP contribution in [0.25, 0.3) is 11.3 Å². The van der Waals surface area contributed by atoms with Crippen molar-refractivity contribution in [3.8, 4) is 22.8 Å². The van der Waals surface area contributed by atoms with Gasteiger partial charge in [-0.15, -0.1) is 0 Å². The molecule has 0 amide bonds. The van der Waals surface area contributed by atoms with Crippen molar-refractivity contribution < 1.29 is 14.2 Å². The maximum Gasteiger partial charge on any atom is 0.225 e. The Morgan fingerprint density at radius 3 is 2.34 bits per heavy atom. The first kappa shape index (κ1) is 20.4. The summed E-state index contributed by atoms with van der Waals surface area (Å²) in [4.78, 5) is 9.25. The summed E-state index contributed by atoms with van der Waals surface area (Å²) in [5.74, 6) is 2.67. The number of nitrogens with one attached hydrogen (secondary N) is 2. The Morgan fingerprint density at radius 2 is 1.62 bits per heavy atom. The van der Waals surface area contributed by atoms with Crippen LogP contribution < -0.4 is 20.1 Å². The lowest BCUT2D eigenvalue weighted by molar-refractivity contribution is 0.210. The van der Waals surface area contributed by atoms with E-state index in [4.69, 9.17) is 14.2 Å². The second-order valence-corrected chi connectivity index (χ2v) is 6.29. The summed E-state index contributed by atoms with van der Waals surface area (Å²) >= 11 is 0. The Bertz CT molecular complexity index is 919. The molecule has 3 rings (SSSR count). The van der Waals surface area contributed by atoms with Crippen LogP contribution in [0.5, 0.6) is 11.5 Å². The molecule has 1 heterocycles. The van der Waals surface area contributed by atoms with Gasteiger partial charge in [-0.2, -0.15) is 4.98 Å². The molecule has 2 aromatic carbocycles. The Labute approximate surface area is 171 Å². The van der Waals surface area contributed by atoms with E-state index in [0.29, 0.717) is 37.1 Å². The van der Waals surface area contributed by atoms with Crippen LogP contribution in [-0.4, -0.2) is 44.4 Å². The lowest BCUT2D eigenvalue weighted by atomic mass is 10.1. The molecule has 152 valence electrons. The molecule has 0 saturated heterocycles. The fourth-order valence-corrected chi connectivity index (χ4v) is 2.83. The van der Waals surface area contributed by atoms with Crippen molar-refractivity contribution in [3.63, 3.8) is 0 Å². The number of ether oxygens (including phenoxy) is 3. The predicted molar refractivity (Wildman–Crippen MR) is 115 cm³/mol. The predicted octanol–water partition coefficient (Wildman–Crippen LogP) is 3.83. The van der Waals surface area contributed by atoms with E-state index in [0.717, 1.165) is 22.6 Å². The highest BCUT2D eigenvalue weighted by molar-refractivity contribution is 5.64. The number of anilines is 2. The van der Waals surface area contributed by atoms with Gasteiger partial charge in [0.05, 0.1) is 26.5 Å². The summed E-state index contributed by atoms with van der Waals surface area (Å²) in [5.41, 5.74) is 2.90. The molecule has 1 aromatic heterocycles. The molecule has 0 aliphatic rings. The maximum absolute atomic E-state index is 5.37. The summed E-state index contributed by atoms with van der Waals surface area (Å²) in [7, 11) is 4.92. The van der Waals surface area contributed by atoms with Crippen LogP contribution in [0.15, 0.2) is 54.6 Å². The van der Waals surface area contributed by atoms with E-state index >= 15 is 0 Å². The Morgan fingerprint density at radius 1 is 0.828 bits per heavy atom. The van der Waals surface area contributed by atoms with Crippen LogP contribution in [0.4, 0.5) is 11.8 Å². The van der Waals surface area contributed by atoms with E-state index in [1.807, 2.05) is 54.6 Å². The number of nitrogens with zero attached hydrogens (tertiary/aromatic N) is 2. The Kier molecular flexibility index (Phi) is 7.24. The van der Waals surface area contributed by atoms with Crippen molar-refractivity contribution in [2.24, 2.45) is 0 Å². The molecule has 0 bridgehead atoms. The Balaban J connectivity index is 1.81. The van der Waals surface area contributed by atoms with Crippen LogP contribution in [0.2, 0.25) is 0 Å². The van der Waals surface area contributed by atoms with Crippen molar-refractivity contribution >= 4 is 11.8 Å². The molecule has 0 aliphatic carbocycles. The minimum Gasteiger partial charge on any atom is -0.493 e. The number of hydrogen-bond donors (Lipinski definition) is 2. The van der Waals surface area contributed by atoms with Gasteiger partial charge in [0.25, 0.3) is 0 Å². The monoisotopic (exact) mass is 394 g/mol. The van der Waals surface area contributed by atoms with Crippen molar-refractivity contribution in [1.29, 1.82) is 0 Å². The molecule has 7 heteroatoms. The molecule has 0 unspecified atom stereocenters. The lowest BCUT2D eigenvalue weighted by Crippen LogP contribution is -2.11. The SMILES string of the molecule is COCCNc1cc(-c2ccccc2)nc(NCc2ccc(OC)c(OC)c2)n1. The van der Waals surface area contributed by atoms with Crippen LogP contribution in [-0.2, 0) is 11.3 Å². The molecule has 0 spiro atoms. The summed E-state index contributed by atoms with van der Waals surface area (Å²) in [6.45, 7) is 1.81. The van der Waals surface area contributed by atoms with Crippen molar-refractivity contribution in [1.82, 2.24) is 9.97 Å². The zero-order valence-corrected chi connectivity index (χ0v) is 16.9. The van der Waals surface area contributed by atoms with Crippen LogP contribution in [0, 0.1) is 0 Å². The molecule has 0 atom stereocenters. The topological polar surface area (TPSA) is 77.5 Å². The first-order valence-corrected chi connectivity index (χ1v) is 9.35. The molecule has 0 saturated carbocycles. The zero-order valence-electron chi connectivity index (χ0n) is 16.9. The third-order valence-electron chi connectivity index (χ3n) is 4.31. The molecule has 3 aromatic rings. The molecule has 0 aliphatic heterocycles. The van der Waals surface area contributed by atoms with Gasteiger partial charge in [0, 0.05) is 31.8 Å². The van der Waals surface area contributed by atoms with Gasteiger partial charge in [0.2, 0.25) is 5.95 Å². The fourth-order valence-electron chi connectivity index (χ4n) is 2.83. The summed E-state index contributed by atoms with van der Waals surface area (Å²) in [6.07, 6.45) is 0. The number of aromatic nitrogens is 2. The molecule has 7 nitrogen and oxygen atoms in total. The molecule has 2 N–H and O–H groups in total. The van der Waals surface area contributed by atoms with Gasteiger partial charge in [-0.05, 0) is 17.7 Å². The number of methoxy groups -OCH3 is 3. The van der Waals surface area contributed by atoms with Crippen LogP contribution in [0.1, 0.15) is 5.56 Å². The van der Waals surface area contributed by atoms with E-state index in [-0.39, 0.29) is 0 Å². The van der Waals surface area contributed by atoms with Gasteiger partial charge >= 0.3 is 0 Å². The summed E-state index contributed by atoms with van der Waals surface area (Å²) in [5, 5.41) is 6.58. The molecular weight excluding hydrogens is 368 g/mol. The first-order valence-electron chi connectivity index (χ1n) is 9.35. The van der Waals surface area contributed by atoms with E-state index in [1.165, 1.54) is 0 Å². The normalized spacial score (nSPS) is 10.4. The van der Waals surface area contributed by atoms with E-state index in [9.17, 15) is 0 Å².